The van der Waals surface area contributed by atoms with Gasteiger partial charge in [0.15, 0.2) is 5.57 Å². The summed E-state index contributed by atoms with van der Waals surface area (Å²) in [6, 6.07) is 7.59. The van der Waals surface area contributed by atoms with Crippen LogP contribution in [0.5, 0.6) is 5.75 Å². The number of carbonyl (C=O) groups excluding carboxylic acids is 2. The molecule has 0 aliphatic heterocycles. The molecular formula is C21H28BrNO5. The predicted molar refractivity (Wildman–Crippen MR) is 113 cm³/mol. The molecule has 28 heavy (non-hydrogen) atoms. The lowest BCUT2D eigenvalue weighted by Crippen LogP contribution is -2.26. The Balaban J connectivity index is 3.93. The standard InChI is InChI=1S/C21H28BrNO5/c1-21(2,3)16(13-9-11-14(26-6)12-10-13)17(22)18(23(4)5)15(19(24)27-7)20(25)28-8/h9-12H,1-8H3/b17-16+. The van der Waals surface area contributed by atoms with Crippen molar-refractivity contribution in [2.75, 3.05) is 35.4 Å². The van der Waals surface area contributed by atoms with Crippen molar-refractivity contribution in [2.24, 2.45) is 5.41 Å². The number of hydrogen-bond donors (Lipinski definition) is 0. The summed E-state index contributed by atoms with van der Waals surface area (Å²) in [4.78, 5) is 26.5. The molecule has 0 amide bonds. The van der Waals surface area contributed by atoms with Gasteiger partial charge in [0.2, 0.25) is 0 Å². The summed E-state index contributed by atoms with van der Waals surface area (Å²) in [6.45, 7) is 6.16. The van der Waals surface area contributed by atoms with Crippen molar-refractivity contribution in [3.8, 4) is 5.75 Å². The summed E-state index contributed by atoms with van der Waals surface area (Å²) in [7, 11) is 7.56. The van der Waals surface area contributed by atoms with Gasteiger partial charge in [0.1, 0.15) is 5.75 Å². The van der Waals surface area contributed by atoms with Gasteiger partial charge in [-0.15, -0.1) is 0 Å². The van der Waals surface area contributed by atoms with Crippen molar-refractivity contribution in [3.63, 3.8) is 0 Å². The summed E-state index contributed by atoms with van der Waals surface area (Å²) < 4.78 is 15.5. The summed E-state index contributed by atoms with van der Waals surface area (Å²) in [5, 5.41) is 0. The molecule has 0 aromatic heterocycles. The van der Waals surface area contributed by atoms with Gasteiger partial charge in [-0.3, -0.25) is 0 Å². The van der Waals surface area contributed by atoms with Gasteiger partial charge in [-0.2, -0.15) is 0 Å². The van der Waals surface area contributed by atoms with E-state index in [0.717, 1.165) is 16.9 Å². The Kier molecular flexibility index (Phi) is 8.29. The highest BCUT2D eigenvalue weighted by Gasteiger charge is 2.31. The Labute approximate surface area is 175 Å². The minimum absolute atomic E-state index is 0.183. The zero-order chi connectivity index (χ0) is 21.6. The van der Waals surface area contributed by atoms with E-state index in [1.54, 1.807) is 26.1 Å². The summed E-state index contributed by atoms with van der Waals surface area (Å²) in [6.07, 6.45) is 0. The first-order valence-corrected chi connectivity index (χ1v) is 9.42. The van der Waals surface area contributed by atoms with Crippen LogP contribution in [0.25, 0.3) is 5.57 Å². The number of halogens is 1. The van der Waals surface area contributed by atoms with Gasteiger partial charge in [-0.1, -0.05) is 32.9 Å². The zero-order valence-corrected chi connectivity index (χ0v) is 19.3. The van der Waals surface area contributed by atoms with E-state index in [0.29, 0.717) is 10.2 Å². The Bertz CT molecular complexity index is 768. The summed E-state index contributed by atoms with van der Waals surface area (Å²) >= 11 is 3.65. The highest BCUT2D eigenvalue weighted by atomic mass is 79.9. The molecule has 1 aromatic carbocycles. The fourth-order valence-electron chi connectivity index (χ4n) is 2.78. The van der Waals surface area contributed by atoms with Crippen molar-refractivity contribution in [2.45, 2.75) is 20.8 Å². The largest absolute Gasteiger partial charge is 0.497 e. The zero-order valence-electron chi connectivity index (χ0n) is 17.7. The lowest BCUT2D eigenvalue weighted by Gasteiger charge is -2.29. The molecule has 0 atom stereocenters. The number of carbonyl (C=O) groups is 2. The first-order chi connectivity index (χ1) is 13.0. The number of nitrogens with zero attached hydrogens (tertiary/aromatic N) is 1. The van der Waals surface area contributed by atoms with Crippen molar-refractivity contribution < 1.29 is 23.8 Å². The van der Waals surface area contributed by atoms with Crippen LogP contribution < -0.4 is 4.74 Å². The number of rotatable bonds is 6. The van der Waals surface area contributed by atoms with Gasteiger partial charge >= 0.3 is 11.9 Å². The van der Waals surface area contributed by atoms with Gasteiger partial charge in [0.05, 0.1) is 27.0 Å². The minimum atomic E-state index is -0.768. The summed E-state index contributed by atoms with van der Waals surface area (Å²) in [5.74, 6) is -0.799. The van der Waals surface area contributed by atoms with Crippen molar-refractivity contribution in [1.29, 1.82) is 0 Å². The predicted octanol–water partition coefficient (Wildman–Crippen LogP) is 4.01. The van der Waals surface area contributed by atoms with Crippen LogP contribution in [-0.4, -0.2) is 52.3 Å². The highest BCUT2D eigenvalue weighted by molar-refractivity contribution is 9.12. The number of benzene rings is 1. The molecule has 154 valence electrons. The molecular weight excluding hydrogens is 426 g/mol. The van der Waals surface area contributed by atoms with E-state index in [4.69, 9.17) is 14.2 Å². The molecule has 0 aliphatic rings. The fourth-order valence-corrected chi connectivity index (χ4v) is 4.15. The number of hydrogen-bond acceptors (Lipinski definition) is 6. The number of allylic oxidation sites excluding steroid dienone is 2. The number of methoxy groups -OCH3 is 3. The van der Waals surface area contributed by atoms with E-state index in [1.165, 1.54) is 14.2 Å². The molecule has 0 heterocycles. The number of likely N-dealkylation sites (N-methyl/N-ethyl adjacent to an activating group) is 1. The molecule has 1 aromatic rings. The Hall–Kier alpha value is -2.28. The quantitative estimate of drug-likeness (QED) is 0.213. The molecule has 1 rings (SSSR count). The Morgan fingerprint density at radius 3 is 1.71 bits per heavy atom. The maximum absolute atomic E-state index is 12.4. The van der Waals surface area contributed by atoms with Gasteiger partial charge in [-0.05, 0) is 44.6 Å². The van der Waals surface area contributed by atoms with E-state index < -0.39 is 11.9 Å². The van der Waals surface area contributed by atoms with Gasteiger partial charge in [-0.25, -0.2) is 9.59 Å². The average molecular weight is 454 g/mol. The van der Waals surface area contributed by atoms with Crippen LogP contribution >= 0.6 is 15.9 Å². The minimum Gasteiger partial charge on any atom is -0.497 e. The number of esters is 2. The molecule has 0 unspecified atom stereocenters. The molecule has 0 N–H and O–H groups in total. The first kappa shape index (κ1) is 23.8. The van der Waals surface area contributed by atoms with Gasteiger partial charge in [0, 0.05) is 18.6 Å². The average Bonchev–Trinajstić information content (AvgIpc) is 2.63. The van der Waals surface area contributed by atoms with E-state index >= 15 is 0 Å². The van der Waals surface area contributed by atoms with Crippen molar-refractivity contribution >= 4 is 33.4 Å². The molecule has 0 spiro atoms. The fraction of sp³-hybridized carbons (Fsp3) is 0.429. The molecule has 0 fully saturated rings. The van der Waals surface area contributed by atoms with Crippen LogP contribution in [0.1, 0.15) is 26.3 Å². The van der Waals surface area contributed by atoms with Gasteiger partial charge in [0.25, 0.3) is 0 Å². The molecule has 6 nitrogen and oxygen atoms in total. The second-order valence-corrected chi connectivity index (χ2v) is 8.06. The van der Waals surface area contributed by atoms with Gasteiger partial charge < -0.3 is 19.1 Å². The van der Waals surface area contributed by atoms with E-state index in [-0.39, 0.29) is 11.0 Å². The van der Waals surface area contributed by atoms with E-state index in [1.807, 2.05) is 24.3 Å². The number of ether oxygens (including phenoxy) is 3. The second-order valence-electron chi connectivity index (χ2n) is 7.27. The lowest BCUT2D eigenvalue weighted by molar-refractivity contribution is -0.144. The Morgan fingerprint density at radius 2 is 1.39 bits per heavy atom. The SMILES string of the molecule is COC(=O)C(C(=O)OC)=C(/C(Br)=C(/c1ccc(OC)cc1)C(C)(C)C)N(C)C. The van der Waals surface area contributed by atoms with Crippen molar-refractivity contribution in [3.05, 3.63) is 45.6 Å². The maximum Gasteiger partial charge on any atom is 0.347 e. The van der Waals surface area contributed by atoms with E-state index in [9.17, 15) is 9.59 Å². The molecule has 0 saturated carbocycles. The third-order valence-electron chi connectivity index (χ3n) is 4.02. The van der Waals surface area contributed by atoms with Crippen LogP contribution in [0.4, 0.5) is 0 Å². The third kappa shape index (κ3) is 5.38. The smallest absolute Gasteiger partial charge is 0.347 e. The second kappa shape index (κ2) is 9.78. The third-order valence-corrected chi connectivity index (χ3v) is 4.79. The summed E-state index contributed by atoms with van der Waals surface area (Å²) in [5.41, 5.74) is 1.71. The van der Waals surface area contributed by atoms with E-state index in [2.05, 4.69) is 36.7 Å². The van der Waals surface area contributed by atoms with Crippen LogP contribution in [-0.2, 0) is 19.1 Å². The maximum atomic E-state index is 12.4. The molecule has 7 heteroatoms. The normalized spacial score (nSPS) is 11.9. The van der Waals surface area contributed by atoms with Crippen LogP contribution in [0.15, 0.2) is 40.0 Å². The Morgan fingerprint density at radius 1 is 0.929 bits per heavy atom. The lowest BCUT2D eigenvalue weighted by atomic mass is 9.81. The highest BCUT2D eigenvalue weighted by Crippen LogP contribution is 2.42. The first-order valence-electron chi connectivity index (χ1n) is 8.62. The van der Waals surface area contributed by atoms with Crippen LogP contribution in [0.3, 0.4) is 0 Å². The van der Waals surface area contributed by atoms with Crippen molar-refractivity contribution in [1.82, 2.24) is 4.90 Å². The molecule has 0 radical (unpaired) electrons. The molecule has 0 bridgehead atoms. The topological polar surface area (TPSA) is 65.1 Å². The van der Waals surface area contributed by atoms with Crippen LogP contribution in [0.2, 0.25) is 0 Å². The molecule has 0 aliphatic carbocycles. The monoisotopic (exact) mass is 453 g/mol. The molecule has 0 saturated heterocycles. The van der Waals surface area contributed by atoms with Crippen LogP contribution in [0, 0.1) is 5.41 Å².